The molecule has 2 N–H and O–H groups in total. The summed E-state index contributed by atoms with van der Waals surface area (Å²) in [6.45, 7) is 15.9. The maximum Gasteiger partial charge on any atom is 0.126 e. The van der Waals surface area contributed by atoms with E-state index in [2.05, 4.69) is 41.2 Å². The average Bonchev–Trinajstić information content (AvgIpc) is 3.15. The Morgan fingerprint density at radius 3 is 2.45 bits per heavy atom. The van der Waals surface area contributed by atoms with Crippen molar-refractivity contribution < 1.29 is 15.0 Å². The van der Waals surface area contributed by atoms with E-state index in [-0.39, 0.29) is 22.7 Å². The van der Waals surface area contributed by atoms with Gasteiger partial charge in [-0.3, -0.25) is 0 Å². The number of allylic oxidation sites excluding steroid dienone is 1. The lowest BCUT2D eigenvalue weighted by molar-refractivity contribution is -0.156. The van der Waals surface area contributed by atoms with Crippen molar-refractivity contribution in [3.05, 3.63) is 12.2 Å². The number of carbonyl (C=O) groups excluding carboxylic acids is 1. The Balaban J connectivity index is 1.59. The Morgan fingerprint density at radius 1 is 1.10 bits per heavy atom. The van der Waals surface area contributed by atoms with E-state index in [1.807, 2.05) is 0 Å². The van der Waals surface area contributed by atoms with Crippen LogP contribution in [0.3, 0.4) is 0 Å². The zero-order chi connectivity index (χ0) is 22.8. The Kier molecular flexibility index (Phi) is 6.04. The average molecular weight is 431 g/mol. The first-order chi connectivity index (χ1) is 14.5. The molecule has 0 aromatic heterocycles. The zero-order valence-corrected chi connectivity index (χ0v) is 20.6. The number of aldehydes is 1. The molecule has 0 aromatic carbocycles. The van der Waals surface area contributed by atoms with Crippen molar-refractivity contribution in [3.8, 4) is 0 Å². The summed E-state index contributed by atoms with van der Waals surface area (Å²) in [7, 11) is 0. The molecule has 3 heteroatoms. The molecule has 4 aliphatic carbocycles. The molecule has 0 amide bonds. The van der Waals surface area contributed by atoms with Gasteiger partial charge in [-0.1, -0.05) is 46.8 Å². The molecule has 0 radical (unpaired) electrons. The normalized spacial score (nSPS) is 49.9. The van der Waals surface area contributed by atoms with Gasteiger partial charge in [0.1, 0.15) is 6.29 Å². The Bertz CT molecular complexity index is 715. The van der Waals surface area contributed by atoms with Gasteiger partial charge >= 0.3 is 0 Å². The molecule has 0 aliphatic heterocycles. The number of fused-ring (bicyclic) bond motifs is 5. The third kappa shape index (κ3) is 3.31. The number of carbonyl (C=O) groups is 1. The van der Waals surface area contributed by atoms with Crippen LogP contribution in [-0.2, 0) is 4.79 Å². The molecule has 4 rings (SSSR count). The predicted molar refractivity (Wildman–Crippen MR) is 125 cm³/mol. The molecule has 4 saturated carbocycles. The minimum atomic E-state index is -1.04. The van der Waals surface area contributed by atoms with Crippen molar-refractivity contribution in [1.82, 2.24) is 0 Å². The number of rotatable bonds is 6. The molecule has 0 spiro atoms. The fraction of sp³-hybridized carbons (Fsp3) is 0.893. The Hall–Kier alpha value is -0.670. The van der Waals surface area contributed by atoms with Crippen LogP contribution in [0.15, 0.2) is 12.2 Å². The van der Waals surface area contributed by atoms with Crippen LogP contribution in [0.1, 0.15) is 92.4 Å². The first-order valence-electron chi connectivity index (χ1n) is 13.0. The molecule has 0 aromatic rings. The van der Waals surface area contributed by atoms with Gasteiger partial charge in [0.25, 0.3) is 0 Å². The van der Waals surface area contributed by atoms with Crippen molar-refractivity contribution in [2.75, 3.05) is 0 Å². The van der Waals surface area contributed by atoms with Crippen LogP contribution < -0.4 is 0 Å². The summed E-state index contributed by atoms with van der Waals surface area (Å²) >= 11 is 0. The summed E-state index contributed by atoms with van der Waals surface area (Å²) in [6.07, 6.45) is 9.70. The molecule has 31 heavy (non-hydrogen) atoms. The summed E-state index contributed by atoms with van der Waals surface area (Å²) in [6, 6.07) is 0. The lowest BCUT2D eigenvalue weighted by atomic mass is 9.53. The Labute approximate surface area is 190 Å². The molecule has 3 nitrogen and oxygen atoms in total. The second-order valence-corrected chi connectivity index (χ2v) is 12.7. The van der Waals surface area contributed by atoms with E-state index in [9.17, 15) is 15.0 Å². The molecular formula is C28H46O3. The van der Waals surface area contributed by atoms with Crippen molar-refractivity contribution in [2.45, 2.75) is 104 Å². The van der Waals surface area contributed by atoms with Crippen LogP contribution in [0.2, 0.25) is 0 Å². The van der Waals surface area contributed by atoms with E-state index in [1.54, 1.807) is 0 Å². The van der Waals surface area contributed by atoms with Crippen LogP contribution in [0.25, 0.3) is 0 Å². The molecule has 0 saturated heterocycles. The zero-order valence-electron chi connectivity index (χ0n) is 20.6. The minimum Gasteiger partial charge on any atom is -0.393 e. The summed E-state index contributed by atoms with van der Waals surface area (Å²) in [5, 5.41) is 22.3. The quantitative estimate of drug-likeness (QED) is 0.414. The van der Waals surface area contributed by atoms with Crippen molar-refractivity contribution in [2.24, 2.45) is 52.3 Å². The summed E-state index contributed by atoms with van der Waals surface area (Å²) in [5.41, 5.74) is 0.360. The fourth-order valence-electron chi connectivity index (χ4n) is 9.24. The van der Waals surface area contributed by atoms with E-state index in [0.29, 0.717) is 36.0 Å². The van der Waals surface area contributed by atoms with Gasteiger partial charge in [0, 0.05) is 17.8 Å². The van der Waals surface area contributed by atoms with Crippen LogP contribution in [0.4, 0.5) is 0 Å². The van der Waals surface area contributed by atoms with Gasteiger partial charge in [-0.25, -0.2) is 0 Å². The van der Waals surface area contributed by atoms with Gasteiger partial charge in [0.2, 0.25) is 0 Å². The van der Waals surface area contributed by atoms with Crippen LogP contribution in [0.5, 0.6) is 0 Å². The second kappa shape index (κ2) is 7.97. The van der Waals surface area contributed by atoms with Crippen LogP contribution in [-0.4, -0.2) is 28.2 Å². The maximum absolute atomic E-state index is 12.5. The topological polar surface area (TPSA) is 57.5 Å². The van der Waals surface area contributed by atoms with Crippen molar-refractivity contribution in [1.29, 1.82) is 0 Å². The monoisotopic (exact) mass is 430 g/mol. The fourth-order valence-corrected chi connectivity index (χ4v) is 9.24. The molecule has 4 aliphatic rings. The van der Waals surface area contributed by atoms with E-state index >= 15 is 0 Å². The molecule has 0 heterocycles. The van der Waals surface area contributed by atoms with Gasteiger partial charge in [0.15, 0.2) is 0 Å². The predicted octanol–water partition coefficient (Wildman–Crippen LogP) is 5.78. The third-order valence-electron chi connectivity index (χ3n) is 11.3. The van der Waals surface area contributed by atoms with Crippen LogP contribution >= 0.6 is 0 Å². The molecule has 0 bridgehead atoms. The number of hydrogen-bond acceptors (Lipinski definition) is 3. The third-order valence-corrected chi connectivity index (χ3v) is 11.3. The largest absolute Gasteiger partial charge is 0.393 e. The standard InChI is InChI=1S/C28H46O3/c1-17(2)18(3)7-8-19(4)21-9-10-22-25-23(12-13-26(21,22)5)27(6)14-11-20(30)15-28(27,31)24(25)16-29/h16-17,19-25,30-31H,3,7-15H2,1-2,4-6H3/t19-,20+,21-,22+,23+,24?,25+,26-,27-,28-/m1/s1. The van der Waals surface area contributed by atoms with Gasteiger partial charge in [-0.2, -0.15) is 0 Å². The van der Waals surface area contributed by atoms with Gasteiger partial charge < -0.3 is 15.0 Å². The highest BCUT2D eigenvalue weighted by molar-refractivity contribution is 5.59. The summed E-state index contributed by atoms with van der Waals surface area (Å²) < 4.78 is 0. The summed E-state index contributed by atoms with van der Waals surface area (Å²) in [4.78, 5) is 12.5. The molecule has 176 valence electrons. The highest BCUT2D eigenvalue weighted by atomic mass is 16.3. The molecule has 4 fully saturated rings. The van der Waals surface area contributed by atoms with E-state index < -0.39 is 11.7 Å². The first kappa shape index (κ1) is 23.5. The SMILES string of the molecule is C=C(CC[C@@H](C)[C@H]1CC[C@H]2[C@@H]3C(C=O)[C@]4(O)C[C@@H](O)CC[C@]4(C)[C@H]3CC[C@]12C)C(C)C. The van der Waals surface area contributed by atoms with Gasteiger partial charge in [0.05, 0.1) is 11.7 Å². The lowest BCUT2D eigenvalue weighted by Crippen LogP contribution is -2.54. The second-order valence-electron chi connectivity index (χ2n) is 12.7. The highest BCUT2D eigenvalue weighted by Crippen LogP contribution is 2.72. The minimum absolute atomic E-state index is 0.234. The van der Waals surface area contributed by atoms with E-state index in [1.165, 1.54) is 31.3 Å². The van der Waals surface area contributed by atoms with E-state index in [0.717, 1.165) is 32.0 Å². The molecular weight excluding hydrogens is 384 g/mol. The lowest BCUT2D eigenvalue weighted by Gasteiger charge is -2.52. The first-order valence-corrected chi connectivity index (χ1v) is 13.0. The maximum atomic E-state index is 12.5. The number of aliphatic hydroxyl groups excluding tert-OH is 1. The molecule has 1 unspecified atom stereocenters. The number of hydrogen-bond donors (Lipinski definition) is 2. The Morgan fingerprint density at radius 2 is 1.81 bits per heavy atom. The number of aliphatic hydroxyl groups is 2. The van der Waals surface area contributed by atoms with Crippen LogP contribution in [0, 0.1) is 52.3 Å². The van der Waals surface area contributed by atoms with Gasteiger partial charge in [-0.15, -0.1) is 0 Å². The summed E-state index contributed by atoms with van der Waals surface area (Å²) in [5.74, 6) is 2.80. The van der Waals surface area contributed by atoms with E-state index in [4.69, 9.17) is 0 Å². The highest BCUT2D eigenvalue weighted by Gasteiger charge is 2.72. The van der Waals surface area contributed by atoms with Gasteiger partial charge in [-0.05, 0) is 92.3 Å². The molecule has 10 atom stereocenters. The smallest absolute Gasteiger partial charge is 0.126 e. The van der Waals surface area contributed by atoms with Crippen molar-refractivity contribution >= 4 is 6.29 Å². The van der Waals surface area contributed by atoms with Crippen molar-refractivity contribution in [3.63, 3.8) is 0 Å².